The molecule has 0 aliphatic heterocycles. The Kier molecular flexibility index (Phi) is 7.77. The third-order valence-corrected chi connectivity index (χ3v) is 0.949. The lowest BCUT2D eigenvalue weighted by molar-refractivity contribution is 0.288. The van der Waals surface area contributed by atoms with Gasteiger partial charge in [0.15, 0.2) is 0 Å². The van der Waals surface area contributed by atoms with Gasteiger partial charge >= 0.3 is 0 Å². The van der Waals surface area contributed by atoms with Crippen molar-refractivity contribution in [1.82, 2.24) is 0 Å². The van der Waals surface area contributed by atoms with Crippen LogP contribution in [0.15, 0.2) is 0 Å². The Morgan fingerprint density at radius 2 is 1.33 bits per heavy atom. The summed E-state index contributed by atoms with van der Waals surface area (Å²) in [6, 6.07) is 0. The first-order chi connectivity index (χ1) is 4.41. The van der Waals surface area contributed by atoms with Gasteiger partial charge < -0.3 is 15.5 Å². The van der Waals surface area contributed by atoms with Crippen LogP contribution in [-0.4, -0.2) is 36.5 Å². The Balaban J connectivity index is 2.60. The molecule has 9 heavy (non-hydrogen) atoms. The van der Waals surface area contributed by atoms with Gasteiger partial charge in [0.2, 0.25) is 0 Å². The van der Waals surface area contributed by atoms with Crippen molar-refractivity contribution in [2.24, 2.45) is 0 Å². The highest BCUT2D eigenvalue weighted by atomic mass is 16.3. The van der Waals surface area contributed by atoms with Crippen molar-refractivity contribution in [2.75, 3.05) is 26.3 Å². The highest BCUT2D eigenvalue weighted by Gasteiger charge is 1.74. The number of aliphatic hydroxyl groups is 2. The molecule has 0 atom stereocenters. The molecule has 0 amide bonds. The Labute approximate surface area is 55.7 Å². The molecule has 0 aliphatic carbocycles. The maximum atomic E-state index is 8.31. The number of hydrogen-bond donors (Lipinski definition) is 2. The minimum Gasteiger partial charge on any atom is -0.662 e. The van der Waals surface area contributed by atoms with E-state index >= 15 is 0 Å². The zero-order chi connectivity index (χ0) is 6.95. The zero-order valence-corrected chi connectivity index (χ0v) is 5.58. The molecule has 0 aliphatic rings. The second-order valence-electron chi connectivity index (χ2n) is 1.83. The lowest BCUT2D eigenvalue weighted by Crippen LogP contribution is -1.94. The summed E-state index contributed by atoms with van der Waals surface area (Å²) in [6.07, 6.45) is 1.48. The van der Waals surface area contributed by atoms with Gasteiger partial charge in [-0.1, -0.05) is 0 Å². The van der Waals surface area contributed by atoms with Gasteiger partial charge in [-0.25, -0.2) is 0 Å². The third-order valence-electron chi connectivity index (χ3n) is 0.949. The maximum Gasteiger partial charge on any atom is 0.0414 e. The van der Waals surface area contributed by atoms with Crippen molar-refractivity contribution in [1.29, 1.82) is 0 Å². The van der Waals surface area contributed by atoms with E-state index in [0.29, 0.717) is 0 Å². The van der Waals surface area contributed by atoms with Crippen LogP contribution in [0.3, 0.4) is 0 Å². The molecule has 0 spiro atoms. The average molecular weight is 132 g/mol. The smallest absolute Gasteiger partial charge is 0.0414 e. The predicted octanol–water partition coefficient (Wildman–Crippen LogP) is 0.125. The van der Waals surface area contributed by atoms with Crippen LogP contribution in [0.4, 0.5) is 0 Å². The van der Waals surface area contributed by atoms with Crippen molar-refractivity contribution < 1.29 is 10.2 Å². The predicted molar refractivity (Wildman–Crippen MR) is 36.5 cm³/mol. The minimum atomic E-state index is 0.211. The second kappa shape index (κ2) is 7.88. The van der Waals surface area contributed by atoms with Crippen LogP contribution in [0.1, 0.15) is 12.8 Å². The summed E-state index contributed by atoms with van der Waals surface area (Å²) in [6.45, 7) is 1.86. The number of aliphatic hydroxyl groups excluding tert-OH is 2. The minimum absolute atomic E-state index is 0.211. The fourth-order valence-corrected chi connectivity index (χ4v) is 0.477. The molecule has 0 fully saturated rings. The average Bonchev–Trinajstić information content (AvgIpc) is 1.89. The molecule has 0 aromatic carbocycles. The molecule has 0 heterocycles. The molecule has 3 heteroatoms. The molecule has 0 aromatic heterocycles. The topological polar surface area (TPSA) is 54.6 Å². The SMILES string of the molecule is OCCC[N-]CCCO. The molecule has 0 aromatic rings. The lowest BCUT2D eigenvalue weighted by Gasteiger charge is -2.15. The maximum absolute atomic E-state index is 8.31. The normalized spacial score (nSPS) is 10.0. The van der Waals surface area contributed by atoms with E-state index in [4.69, 9.17) is 10.2 Å². The van der Waals surface area contributed by atoms with E-state index in [0.717, 1.165) is 25.9 Å². The molecule has 0 radical (unpaired) electrons. The Morgan fingerprint density at radius 1 is 0.889 bits per heavy atom. The van der Waals surface area contributed by atoms with Gasteiger partial charge in [0, 0.05) is 13.2 Å². The Bertz CT molecular complexity index is 44.3. The number of hydrogen-bond acceptors (Lipinski definition) is 2. The van der Waals surface area contributed by atoms with Gasteiger partial charge in [0.05, 0.1) is 0 Å². The molecular formula is C6H14NO2-. The van der Waals surface area contributed by atoms with Crippen LogP contribution in [0, 0.1) is 0 Å². The molecule has 0 unspecified atom stereocenters. The molecule has 0 bridgehead atoms. The van der Waals surface area contributed by atoms with Crippen molar-refractivity contribution >= 4 is 0 Å². The van der Waals surface area contributed by atoms with E-state index in [1.165, 1.54) is 0 Å². The van der Waals surface area contributed by atoms with Gasteiger partial charge in [-0.15, -0.1) is 13.1 Å². The van der Waals surface area contributed by atoms with E-state index in [-0.39, 0.29) is 13.2 Å². The quantitative estimate of drug-likeness (QED) is 0.504. The zero-order valence-electron chi connectivity index (χ0n) is 5.58. The van der Waals surface area contributed by atoms with Crippen LogP contribution in [0.25, 0.3) is 5.32 Å². The van der Waals surface area contributed by atoms with Crippen molar-refractivity contribution in [3.05, 3.63) is 5.32 Å². The molecular weight excluding hydrogens is 118 g/mol. The molecule has 56 valence electrons. The summed E-state index contributed by atoms with van der Waals surface area (Å²) in [5, 5.41) is 20.7. The highest BCUT2D eigenvalue weighted by Crippen LogP contribution is 1.91. The molecule has 3 nitrogen and oxygen atoms in total. The third kappa shape index (κ3) is 7.88. The van der Waals surface area contributed by atoms with Gasteiger partial charge in [-0.05, 0) is 12.8 Å². The summed E-state index contributed by atoms with van der Waals surface area (Å²) in [5.41, 5.74) is 0. The lowest BCUT2D eigenvalue weighted by atomic mass is 10.4. The fraction of sp³-hybridized carbons (Fsp3) is 1.00. The molecule has 0 rings (SSSR count). The van der Waals surface area contributed by atoms with Crippen LogP contribution in [0.5, 0.6) is 0 Å². The van der Waals surface area contributed by atoms with Crippen LogP contribution < -0.4 is 0 Å². The van der Waals surface area contributed by atoms with Gasteiger partial charge in [-0.2, -0.15) is 0 Å². The number of rotatable bonds is 6. The molecule has 0 saturated carbocycles. The van der Waals surface area contributed by atoms with Gasteiger partial charge in [0.25, 0.3) is 0 Å². The number of nitrogens with zero attached hydrogens (tertiary/aromatic N) is 1. The molecule has 2 N–H and O–H groups in total. The standard InChI is InChI=1S/C6H14NO2/c8-5-1-3-7-4-2-6-9/h8-9H,1-6H2/q-1. The second-order valence-corrected chi connectivity index (χ2v) is 1.83. The van der Waals surface area contributed by atoms with E-state index < -0.39 is 0 Å². The fourth-order valence-electron chi connectivity index (χ4n) is 0.477. The monoisotopic (exact) mass is 132 g/mol. The first-order valence-electron chi connectivity index (χ1n) is 3.26. The summed E-state index contributed by atoms with van der Waals surface area (Å²) in [4.78, 5) is 0. The van der Waals surface area contributed by atoms with E-state index in [1.807, 2.05) is 0 Å². The van der Waals surface area contributed by atoms with E-state index in [1.54, 1.807) is 0 Å². The van der Waals surface area contributed by atoms with E-state index in [2.05, 4.69) is 5.32 Å². The van der Waals surface area contributed by atoms with Gasteiger partial charge in [-0.3, -0.25) is 0 Å². The van der Waals surface area contributed by atoms with Crippen molar-refractivity contribution in [2.45, 2.75) is 12.8 Å². The summed E-state index contributed by atoms with van der Waals surface area (Å²) < 4.78 is 0. The van der Waals surface area contributed by atoms with Crippen LogP contribution in [0.2, 0.25) is 0 Å². The Hall–Kier alpha value is -0.120. The van der Waals surface area contributed by atoms with Crippen molar-refractivity contribution in [3.63, 3.8) is 0 Å². The van der Waals surface area contributed by atoms with Crippen molar-refractivity contribution in [3.8, 4) is 0 Å². The van der Waals surface area contributed by atoms with E-state index in [9.17, 15) is 0 Å². The summed E-state index contributed by atoms with van der Waals surface area (Å²) in [7, 11) is 0. The summed E-state index contributed by atoms with van der Waals surface area (Å²) >= 11 is 0. The first-order valence-corrected chi connectivity index (χ1v) is 3.26. The summed E-state index contributed by atoms with van der Waals surface area (Å²) in [5.74, 6) is 0. The van der Waals surface area contributed by atoms with Crippen LogP contribution in [-0.2, 0) is 0 Å². The van der Waals surface area contributed by atoms with Gasteiger partial charge in [0.1, 0.15) is 0 Å². The first kappa shape index (κ1) is 8.88. The van der Waals surface area contributed by atoms with Crippen LogP contribution >= 0.6 is 0 Å². The largest absolute Gasteiger partial charge is 0.662 e. The Morgan fingerprint density at radius 3 is 1.67 bits per heavy atom. The molecule has 0 saturated heterocycles. The highest BCUT2D eigenvalue weighted by molar-refractivity contribution is 4.77.